The van der Waals surface area contributed by atoms with E-state index >= 15 is 0 Å². The molecule has 0 saturated carbocycles. The molecule has 0 bridgehead atoms. The molecular weight excluding hydrogens is 227 g/mol. The Morgan fingerprint density at radius 1 is 1.56 bits per heavy atom. The van der Waals surface area contributed by atoms with Gasteiger partial charge in [-0.3, -0.25) is 10.1 Å². The minimum absolute atomic E-state index is 0.250. The van der Waals surface area contributed by atoms with Crippen molar-refractivity contribution in [3.05, 3.63) is 33.1 Å². The Labute approximate surface area is 87.3 Å². The Bertz CT molecular complexity index is 491. The minimum Gasteiger partial charge on any atom is -0.258 e. The Morgan fingerprint density at radius 3 is 2.50 bits per heavy atom. The fourth-order valence-electron chi connectivity index (χ4n) is 1.14. The van der Waals surface area contributed by atoms with E-state index in [-0.39, 0.29) is 11.1 Å². The predicted molar refractivity (Wildman–Crippen MR) is 45.3 cm³/mol. The van der Waals surface area contributed by atoms with Crippen molar-refractivity contribution in [1.82, 2.24) is 4.98 Å². The molecular formula is C8H4F3N3O2. The van der Waals surface area contributed by atoms with E-state index in [4.69, 9.17) is 5.26 Å². The zero-order valence-electron chi connectivity index (χ0n) is 7.87. The Kier molecular flexibility index (Phi) is 2.80. The topological polar surface area (TPSA) is 79.8 Å². The van der Waals surface area contributed by atoms with Crippen LogP contribution in [-0.2, 0) is 6.18 Å². The molecule has 1 rings (SSSR count). The number of hydrogen-bond donors (Lipinski definition) is 0. The Hall–Kier alpha value is -2.17. The molecule has 0 unspecified atom stereocenters. The lowest BCUT2D eigenvalue weighted by Crippen LogP contribution is -2.13. The third kappa shape index (κ3) is 1.93. The first-order valence-electron chi connectivity index (χ1n) is 3.90. The second-order valence-electron chi connectivity index (χ2n) is 2.86. The first-order valence-corrected chi connectivity index (χ1v) is 3.90. The van der Waals surface area contributed by atoms with Crippen LogP contribution in [0.4, 0.5) is 18.9 Å². The van der Waals surface area contributed by atoms with Crippen LogP contribution in [0.2, 0.25) is 0 Å². The summed E-state index contributed by atoms with van der Waals surface area (Å²) in [4.78, 5) is 12.2. The van der Waals surface area contributed by atoms with Crippen LogP contribution in [0.15, 0.2) is 6.20 Å². The number of nitro groups is 1. The van der Waals surface area contributed by atoms with Crippen LogP contribution in [0.1, 0.15) is 16.8 Å². The minimum atomic E-state index is -4.92. The van der Waals surface area contributed by atoms with E-state index in [1.165, 1.54) is 6.07 Å². The number of alkyl halides is 3. The molecule has 0 spiro atoms. The molecule has 0 fully saturated rings. The van der Waals surface area contributed by atoms with E-state index in [0.717, 1.165) is 6.92 Å². The van der Waals surface area contributed by atoms with Gasteiger partial charge in [-0.25, -0.2) is 4.98 Å². The number of pyridine rings is 1. The van der Waals surface area contributed by atoms with Crippen molar-refractivity contribution in [3.63, 3.8) is 0 Å². The van der Waals surface area contributed by atoms with Crippen LogP contribution in [0.25, 0.3) is 0 Å². The molecule has 5 nitrogen and oxygen atoms in total. The summed E-state index contributed by atoms with van der Waals surface area (Å²) in [6, 6.07) is 1.53. The molecule has 0 N–H and O–H groups in total. The first kappa shape index (κ1) is 11.9. The molecule has 1 heterocycles. The molecule has 0 aliphatic carbocycles. The van der Waals surface area contributed by atoms with E-state index in [9.17, 15) is 23.3 Å². The second-order valence-corrected chi connectivity index (χ2v) is 2.86. The lowest BCUT2D eigenvalue weighted by Gasteiger charge is -2.08. The number of halogens is 3. The average Bonchev–Trinajstić information content (AvgIpc) is 2.15. The number of hydrogen-bond acceptors (Lipinski definition) is 4. The molecule has 0 aliphatic heterocycles. The van der Waals surface area contributed by atoms with Gasteiger partial charge in [-0.1, -0.05) is 0 Å². The largest absolute Gasteiger partial charge is 0.440 e. The van der Waals surface area contributed by atoms with Crippen molar-refractivity contribution in [3.8, 4) is 6.07 Å². The first-order chi connectivity index (χ1) is 7.29. The zero-order chi connectivity index (χ0) is 12.5. The van der Waals surface area contributed by atoms with E-state index in [2.05, 4.69) is 4.98 Å². The summed E-state index contributed by atoms with van der Waals surface area (Å²) >= 11 is 0. The summed E-state index contributed by atoms with van der Waals surface area (Å²) in [6.45, 7) is 1.08. The summed E-state index contributed by atoms with van der Waals surface area (Å²) in [5, 5.41) is 19.0. The molecule has 0 amide bonds. The van der Waals surface area contributed by atoms with E-state index in [1.807, 2.05) is 0 Å². The smallest absolute Gasteiger partial charge is 0.258 e. The van der Waals surface area contributed by atoms with E-state index in [0.29, 0.717) is 6.20 Å². The number of nitriles is 1. The van der Waals surface area contributed by atoms with Gasteiger partial charge in [0.25, 0.3) is 0 Å². The molecule has 0 radical (unpaired) electrons. The third-order valence-corrected chi connectivity index (χ3v) is 1.88. The van der Waals surface area contributed by atoms with E-state index in [1.54, 1.807) is 0 Å². The van der Waals surface area contributed by atoms with Gasteiger partial charge >= 0.3 is 11.9 Å². The number of aromatic nitrogens is 1. The summed E-state index contributed by atoms with van der Waals surface area (Å²) in [6.07, 6.45) is -4.24. The fraction of sp³-hybridized carbons (Fsp3) is 0.250. The zero-order valence-corrected chi connectivity index (χ0v) is 7.87. The van der Waals surface area contributed by atoms with Gasteiger partial charge in [-0.15, -0.1) is 0 Å². The lowest BCUT2D eigenvalue weighted by molar-refractivity contribution is -0.389. The predicted octanol–water partition coefficient (Wildman–Crippen LogP) is 2.19. The highest BCUT2D eigenvalue weighted by Gasteiger charge is 2.41. The summed E-state index contributed by atoms with van der Waals surface area (Å²) < 4.78 is 37.1. The number of rotatable bonds is 1. The third-order valence-electron chi connectivity index (χ3n) is 1.88. The fourth-order valence-corrected chi connectivity index (χ4v) is 1.14. The van der Waals surface area contributed by atoms with Crippen molar-refractivity contribution in [2.24, 2.45) is 0 Å². The van der Waals surface area contributed by atoms with Crippen molar-refractivity contribution in [2.75, 3.05) is 0 Å². The van der Waals surface area contributed by atoms with Crippen LogP contribution >= 0.6 is 0 Å². The van der Waals surface area contributed by atoms with Crippen molar-refractivity contribution in [1.29, 1.82) is 5.26 Å². The maximum Gasteiger partial charge on any atom is 0.440 e. The molecule has 8 heteroatoms. The van der Waals surface area contributed by atoms with E-state index < -0.39 is 22.5 Å². The van der Waals surface area contributed by atoms with Gasteiger partial charge in [-0.05, 0) is 6.92 Å². The monoisotopic (exact) mass is 231 g/mol. The molecule has 1 aromatic rings. The number of nitrogens with zero attached hydrogens (tertiary/aromatic N) is 3. The van der Waals surface area contributed by atoms with Gasteiger partial charge in [-0.2, -0.15) is 18.4 Å². The SMILES string of the molecule is Cc1c(C#N)cnc(C(F)(F)F)c1[N+](=O)[O-]. The summed E-state index contributed by atoms with van der Waals surface area (Å²) in [7, 11) is 0. The van der Waals surface area contributed by atoms with Crippen LogP contribution in [0.3, 0.4) is 0 Å². The van der Waals surface area contributed by atoms with Crippen LogP contribution in [-0.4, -0.2) is 9.91 Å². The average molecular weight is 231 g/mol. The quantitative estimate of drug-likeness (QED) is 0.548. The molecule has 0 atom stereocenters. The molecule has 0 aliphatic rings. The molecule has 84 valence electrons. The Balaban J connectivity index is 3.62. The second kappa shape index (κ2) is 3.77. The van der Waals surface area contributed by atoms with Gasteiger partial charge in [0.1, 0.15) is 6.07 Å². The van der Waals surface area contributed by atoms with Gasteiger partial charge in [0.2, 0.25) is 5.69 Å². The molecule has 0 aromatic carbocycles. The molecule has 16 heavy (non-hydrogen) atoms. The highest BCUT2D eigenvalue weighted by atomic mass is 19.4. The van der Waals surface area contributed by atoms with Crippen LogP contribution in [0.5, 0.6) is 0 Å². The van der Waals surface area contributed by atoms with Crippen LogP contribution in [0, 0.1) is 28.4 Å². The molecule has 0 saturated heterocycles. The maximum atomic E-state index is 12.4. The van der Waals surface area contributed by atoms with Crippen molar-refractivity contribution in [2.45, 2.75) is 13.1 Å². The summed E-state index contributed by atoms with van der Waals surface area (Å²) in [5.41, 5.74) is -3.35. The normalized spacial score (nSPS) is 10.9. The van der Waals surface area contributed by atoms with Gasteiger partial charge in [0.15, 0.2) is 0 Å². The van der Waals surface area contributed by atoms with Crippen molar-refractivity contribution >= 4 is 5.69 Å². The van der Waals surface area contributed by atoms with Gasteiger partial charge in [0, 0.05) is 11.8 Å². The summed E-state index contributed by atoms with van der Waals surface area (Å²) in [5.74, 6) is 0. The Morgan fingerprint density at radius 2 is 2.12 bits per heavy atom. The standard InChI is InChI=1S/C8H4F3N3O2/c1-4-5(2-12)3-13-7(8(9,10)11)6(4)14(15)16/h3H,1H3. The highest BCUT2D eigenvalue weighted by molar-refractivity contribution is 5.52. The highest BCUT2D eigenvalue weighted by Crippen LogP contribution is 2.36. The lowest BCUT2D eigenvalue weighted by atomic mass is 10.1. The van der Waals surface area contributed by atoms with Crippen LogP contribution < -0.4 is 0 Å². The maximum absolute atomic E-state index is 12.4. The molecule has 1 aromatic heterocycles. The van der Waals surface area contributed by atoms with Crippen molar-refractivity contribution < 1.29 is 18.1 Å². The van der Waals surface area contributed by atoms with Gasteiger partial charge in [0.05, 0.1) is 10.5 Å². The van der Waals surface area contributed by atoms with Gasteiger partial charge < -0.3 is 0 Å².